The summed E-state index contributed by atoms with van der Waals surface area (Å²) in [6, 6.07) is 0. The van der Waals surface area contributed by atoms with Gasteiger partial charge in [-0.1, -0.05) is 29.5 Å². The number of oxime groups is 1. The van der Waals surface area contributed by atoms with Gasteiger partial charge in [0.15, 0.2) is 0 Å². The third-order valence-electron chi connectivity index (χ3n) is 1.44. The largest absolute Gasteiger partial charge is 0.399 e. The lowest BCUT2D eigenvalue weighted by molar-refractivity contribution is 0.214. The lowest BCUT2D eigenvalue weighted by Crippen LogP contribution is -1.99. The van der Waals surface area contributed by atoms with Gasteiger partial charge in [-0.15, -0.1) is 0 Å². The van der Waals surface area contributed by atoms with Gasteiger partial charge in [0.05, 0.1) is 0 Å². The average molecular weight is 149 g/mol. The highest BCUT2D eigenvalue weighted by Crippen LogP contribution is 2.07. The second kappa shape index (κ2) is 3.76. The molecule has 1 aliphatic rings. The Hall–Kier alpha value is -1.31. The van der Waals surface area contributed by atoms with Gasteiger partial charge in [-0.2, -0.15) is 0 Å². The maximum atomic E-state index is 4.68. The second-order valence-electron chi connectivity index (χ2n) is 2.12. The van der Waals surface area contributed by atoms with Gasteiger partial charge in [-0.3, -0.25) is 0 Å². The Morgan fingerprint density at radius 3 is 2.73 bits per heavy atom. The molecule has 1 aliphatic carbocycles. The Bertz CT molecular complexity index is 246. The fourth-order valence-corrected chi connectivity index (χ4v) is 0.913. The fraction of sp³-hybridized carbons (Fsp3) is 0.222. The topological polar surface area (TPSA) is 21.6 Å². The minimum atomic E-state index is 0.873. The zero-order chi connectivity index (χ0) is 8.10. The smallest absolute Gasteiger partial charge is 0.109 e. The highest BCUT2D eigenvalue weighted by Gasteiger charge is 2.01. The van der Waals surface area contributed by atoms with Crippen LogP contribution in [0, 0.1) is 0 Å². The van der Waals surface area contributed by atoms with Gasteiger partial charge in [0.1, 0.15) is 12.8 Å². The summed E-state index contributed by atoms with van der Waals surface area (Å²) in [4.78, 5) is 4.68. The summed E-state index contributed by atoms with van der Waals surface area (Å²) in [5, 5.41) is 3.85. The van der Waals surface area contributed by atoms with Gasteiger partial charge in [-0.25, -0.2) is 0 Å². The van der Waals surface area contributed by atoms with Gasteiger partial charge >= 0.3 is 0 Å². The Morgan fingerprint density at radius 1 is 1.36 bits per heavy atom. The van der Waals surface area contributed by atoms with Crippen LogP contribution in [-0.4, -0.2) is 12.8 Å². The molecule has 0 amide bonds. The highest BCUT2D eigenvalue weighted by atomic mass is 16.6. The predicted octanol–water partition coefficient (Wildman–Crippen LogP) is 2.06. The average Bonchev–Trinajstić information content (AvgIpc) is 2.06. The molecule has 2 heteroatoms. The molecule has 0 N–H and O–H groups in total. The van der Waals surface area contributed by atoms with Crippen LogP contribution < -0.4 is 0 Å². The van der Waals surface area contributed by atoms with E-state index in [0.717, 1.165) is 11.3 Å². The number of allylic oxidation sites excluding steroid dienone is 6. The van der Waals surface area contributed by atoms with Gasteiger partial charge in [-0.05, 0) is 18.6 Å². The van der Waals surface area contributed by atoms with E-state index in [9.17, 15) is 0 Å². The van der Waals surface area contributed by atoms with Crippen LogP contribution in [0.3, 0.4) is 0 Å². The molecular formula is C9H11NO. The number of nitrogens with zero attached hydrogens (tertiary/aromatic N) is 1. The van der Waals surface area contributed by atoms with Gasteiger partial charge < -0.3 is 4.84 Å². The molecule has 0 aliphatic heterocycles. The van der Waals surface area contributed by atoms with E-state index in [1.807, 2.05) is 37.3 Å². The summed E-state index contributed by atoms with van der Waals surface area (Å²) in [5.41, 5.74) is 1.96. The first-order valence-electron chi connectivity index (χ1n) is 3.51. The van der Waals surface area contributed by atoms with E-state index in [1.54, 1.807) is 7.11 Å². The van der Waals surface area contributed by atoms with E-state index in [4.69, 9.17) is 0 Å². The minimum Gasteiger partial charge on any atom is -0.399 e. The van der Waals surface area contributed by atoms with Gasteiger partial charge in [0.2, 0.25) is 0 Å². The van der Waals surface area contributed by atoms with Crippen molar-refractivity contribution in [3.63, 3.8) is 0 Å². The SMILES string of the molecule is C/C=C1/C=CC=C/C1=N/OC. The first-order chi connectivity index (χ1) is 5.38. The van der Waals surface area contributed by atoms with E-state index >= 15 is 0 Å². The molecule has 0 fully saturated rings. The Labute approximate surface area is 66.5 Å². The normalized spacial score (nSPS) is 23.1. The summed E-state index contributed by atoms with van der Waals surface area (Å²) in [6.45, 7) is 1.98. The minimum absolute atomic E-state index is 0.873. The molecule has 1 rings (SSSR count). The number of rotatable bonds is 1. The third kappa shape index (κ3) is 1.80. The van der Waals surface area contributed by atoms with Crippen molar-refractivity contribution >= 4 is 5.71 Å². The first kappa shape index (κ1) is 7.79. The molecule has 0 atom stereocenters. The molecule has 0 aromatic carbocycles. The van der Waals surface area contributed by atoms with E-state index in [-0.39, 0.29) is 0 Å². The maximum Gasteiger partial charge on any atom is 0.109 e. The van der Waals surface area contributed by atoms with Crippen molar-refractivity contribution in [1.29, 1.82) is 0 Å². The van der Waals surface area contributed by atoms with Crippen molar-refractivity contribution in [2.24, 2.45) is 5.16 Å². The van der Waals surface area contributed by atoms with Gasteiger partial charge in [0.25, 0.3) is 0 Å². The zero-order valence-electron chi connectivity index (χ0n) is 6.74. The van der Waals surface area contributed by atoms with Crippen molar-refractivity contribution in [3.05, 3.63) is 36.0 Å². The fourth-order valence-electron chi connectivity index (χ4n) is 0.913. The summed E-state index contributed by atoms with van der Waals surface area (Å²) >= 11 is 0. The molecule has 11 heavy (non-hydrogen) atoms. The molecule has 0 aromatic rings. The molecule has 0 unspecified atom stereocenters. The van der Waals surface area contributed by atoms with Crippen LogP contribution in [0.2, 0.25) is 0 Å². The second-order valence-corrected chi connectivity index (χ2v) is 2.12. The van der Waals surface area contributed by atoms with Crippen molar-refractivity contribution in [2.45, 2.75) is 6.92 Å². The highest BCUT2D eigenvalue weighted by molar-refractivity contribution is 6.11. The van der Waals surface area contributed by atoms with Crippen LogP contribution in [-0.2, 0) is 4.84 Å². The summed E-state index contributed by atoms with van der Waals surface area (Å²) < 4.78 is 0. The number of hydrogen-bond acceptors (Lipinski definition) is 2. The molecule has 2 nitrogen and oxygen atoms in total. The maximum absolute atomic E-state index is 4.68. The van der Waals surface area contributed by atoms with Crippen LogP contribution in [0.15, 0.2) is 41.1 Å². The van der Waals surface area contributed by atoms with Crippen molar-refractivity contribution in [2.75, 3.05) is 7.11 Å². The monoisotopic (exact) mass is 149 g/mol. The van der Waals surface area contributed by atoms with Crippen LogP contribution in [0.1, 0.15) is 6.92 Å². The molecular weight excluding hydrogens is 138 g/mol. The van der Waals surface area contributed by atoms with Gasteiger partial charge in [0, 0.05) is 0 Å². The molecule has 0 saturated heterocycles. The summed E-state index contributed by atoms with van der Waals surface area (Å²) in [6.07, 6.45) is 9.82. The molecule has 0 heterocycles. The predicted molar refractivity (Wildman–Crippen MR) is 46.5 cm³/mol. The first-order valence-corrected chi connectivity index (χ1v) is 3.51. The van der Waals surface area contributed by atoms with E-state index in [0.29, 0.717) is 0 Å². The van der Waals surface area contributed by atoms with E-state index in [2.05, 4.69) is 9.99 Å². The quantitative estimate of drug-likeness (QED) is 0.523. The van der Waals surface area contributed by atoms with Crippen LogP contribution in [0.5, 0.6) is 0 Å². The molecule has 0 radical (unpaired) electrons. The van der Waals surface area contributed by atoms with Crippen LogP contribution in [0.4, 0.5) is 0 Å². The van der Waals surface area contributed by atoms with Crippen molar-refractivity contribution < 1.29 is 4.84 Å². The summed E-state index contributed by atoms with van der Waals surface area (Å²) in [5.74, 6) is 0. The number of hydrogen-bond donors (Lipinski definition) is 0. The van der Waals surface area contributed by atoms with E-state index < -0.39 is 0 Å². The molecule has 0 bridgehead atoms. The zero-order valence-corrected chi connectivity index (χ0v) is 6.74. The molecule has 58 valence electrons. The molecule has 0 spiro atoms. The molecule has 0 saturated carbocycles. The van der Waals surface area contributed by atoms with E-state index in [1.165, 1.54) is 0 Å². The third-order valence-corrected chi connectivity index (χ3v) is 1.44. The Kier molecular flexibility index (Phi) is 2.66. The standard InChI is InChI=1S/C9H11NO/c1-3-8-6-4-5-7-9(8)10-11-2/h3-7H,1-2H3/b8-3-,10-9-. The summed E-state index contributed by atoms with van der Waals surface area (Å²) in [7, 11) is 1.55. The Morgan fingerprint density at radius 2 is 2.09 bits per heavy atom. The van der Waals surface area contributed by atoms with Crippen molar-refractivity contribution in [3.8, 4) is 0 Å². The van der Waals surface area contributed by atoms with Crippen LogP contribution in [0.25, 0.3) is 0 Å². The Balaban J connectivity index is 2.88. The molecule has 0 aromatic heterocycles. The lowest BCUT2D eigenvalue weighted by Gasteiger charge is -2.03. The van der Waals surface area contributed by atoms with Crippen LogP contribution >= 0.6 is 0 Å². The van der Waals surface area contributed by atoms with Crippen molar-refractivity contribution in [1.82, 2.24) is 0 Å². The lowest BCUT2D eigenvalue weighted by atomic mass is 10.1.